The summed E-state index contributed by atoms with van der Waals surface area (Å²) in [7, 11) is 3.18. The number of benzene rings is 1. The van der Waals surface area contributed by atoms with Crippen LogP contribution in [0.25, 0.3) is 6.08 Å². The van der Waals surface area contributed by atoms with Gasteiger partial charge < -0.3 is 15.2 Å². The topological polar surface area (TPSA) is 58.6 Å². The van der Waals surface area contributed by atoms with Crippen molar-refractivity contribution >= 4 is 12.0 Å². The summed E-state index contributed by atoms with van der Waals surface area (Å²) in [6.07, 6.45) is 4.82. The van der Waals surface area contributed by atoms with Crippen molar-refractivity contribution in [2.45, 2.75) is 6.42 Å². The van der Waals surface area contributed by atoms with Gasteiger partial charge in [0.15, 0.2) is 0 Å². The van der Waals surface area contributed by atoms with Crippen molar-refractivity contribution in [1.29, 1.82) is 0 Å². The number of aromatic hydroxyl groups is 1. The molecule has 17 heavy (non-hydrogen) atoms. The maximum Gasteiger partial charge on any atom is 0.341 e. The van der Waals surface area contributed by atoms with Crippen molar-refractivity contribution in [3.8, 4) is 5.75 Å². The summed E-state index contributed by atoms with van der Waals surface area (Å²) in [6, 6.07) is 4.85. The lowest BCUT2D eigenvalue weighted by molar-refractivity contribution is 0.0597. The molecule has 4 nitrogen and oxygen atoms in total. The van der Waals surface area contributed by atoms with Crippen LogP contribution in [0.15, 0.2) is 24.3 Å². The van der Waals surface area contributed by atoms with E-state index in [0.29, 0.717) is 0 Å². The van der Waals surface area contributed by atoms with Crippen LogP contribution in [0.4, 0.5) is 0 Å². The lowest BCUT2D eigenvalue weighted by Gasteiger charge is -2.03. The largest absolute Gasteiger partial charge is 0.507 e. The molecule has 0 amide bonds. The van der Waals surface area contributed by atoms with Crippen LogP contribution in [0.5, 0.6) is 5.75 Å². The molecular formula is C13H17NO3. The normalized spacial score (nSPS) is 10.7. The van der Waals surface area contributed by atoms with Crippen molar-refractivity contribution < 1.29 is 14.6 Å². The summed E-state index contributed by atoms with van der Waals surface area (Å²) in [5.74, 6) is -0.600. The molecule has 0 saturated carbocycles. The molecular weight excluding hydrogens is 218 g/mol. The van der Waals surface area contributed by atoms with Crippen molar-refractivity contribution in [2.24, 2.45) is 0 Å². The number of carbonyl (C=O) groups excluding carboxylic acids is 1. The molecule has 4 heteroatoms. The molecule has 0 aromatic heterocycles. The third-order valence-corrected chi connectivity index (χ3v) is 2.30. The highest BCUT2D eigenvalue weighted by molar-refractivity contribution is 5.93. The zero-order valence-corrected chi connectivity index (χ0v) is 10.1. The first-order valence-electron chi connectivity index (χ1n) is 5.41. The van der Waals surface area contributed by atoms with E-state index >= 15 is 0 Å². The monoisotopic (exact) mass is 235 g/mol. The Morgan fingerprint density at radius 1 is 1.53 bits per heavy atom. The summed E-state index contributed by atoms with van der Waals surface area (Å²) >= 11 is 0. The van der Waals surface area contributed by atoms with E-state index in [1.54, 1.807) is 12.1 Å². The van der Waals surface area contributed by atoms with E-state index in [-0.39, 0.29) is 11.3 Å². The number of hydrogen-bond donors (Lipinski definition) is 2. The Labute approximate surface area is 101 Å². The fourth-order valence-electron chi connectivity index (χ4n) is 1.38. The molecule has 0 atom stereocenters. The van der Waals surface area contributed by atoms with Gasteiger partial charge in [-0.05, 0) is 37.7 Å². The molecule has 0 unspecified atom stereocenters. The molecule has 2 N–H and O–H groups in total. The second-order valence-electron chi connectivity index (χ2n) is 3.56. The first-order valence-corrected chi connectivity index (χ1v) is 5.41. The summed E-state index contributed by atoms with van der Waals surface area (Å²) < 4.78 is 4.58. The predicted molar refractivity (Wildman–Crippen MR) is 67.0 cm³/mol. The van der Waals surface area contributed by atoms with E-state index in [1.807, 2.05) is 19.2 Å². The average Bonchev–Trinajstić information content (AvgIpc) is 2.35. The molecule has 0 bridgehead atoms. The fraction of sp³-hybridized carbons (Fsp3) is 0.308. The molecule has 92 valence electrons. The molecule has 1 aromatic carbocycles. The quantitative estimate of drug-likeness (QED) is 0.603. The van der Waals surface area contributed by atoms with Gasteiger partial charge in [0.2, 0.25) is 0 Å². The smallest absolute Gasteiger partial charge is 0.341 e. The molecule has 0 aliphatic heterocycles. The molecule has 1 aromatic rings. The van der Waals surface area contributed by atoms with Crippen LogP contribution in [0, 0.1) is 0 Å². The van der Waals surface area contributed by atoms with E-state index in [9.17, 15) is 9.90 Å². The predicted octanol–water partition coefficient (Wildman–Crippen LogP) is 1.80. The summed E-state index contributed by atoms with van der Waals surface area (Å²) in [5.41, 5.74) is 1.04. The Kier molecular flexibility index (Phi) is 5.23. The third-order valence-electron chi connectivity index (χ3n) is 2.30. The van der Waals surface area contributed by atoms with E-state index in [0.717, 1.165) is 18.5 Å². The Balaban J connectivity index is 2.81. The maximum atomic E-state index is 11.3. The summed E-state index contributed by atoms with van der Waals surface area (Å²) in [5, 5.41) is 12.5. The Morgan fingerprint density at radius 2 is 2.29 bits per heavy atom. The van der Waals surface area contributed by atoms with Crippen LogP contribution < -0.4 is 5.32 Å². The number of hydrogen-bond acceptors (Lipinski definition) is 4. The Bertz CT molecular complexity index is 413. The number of ether oxygens (including phenoxy) is 1. The van der Waals surface area contributed by atoms with Gasteiger partial charge in [-0.15, -0.1) is 0 Å². The van der Waals surface area contributed by atoms with Crippen LogP contribution in [-0.2, 0) is 4.74 Å². The van der Waals surface area contributed by atoms with Crippen LogP contribution in [0.2, 0.25) is 0 Å². The number of esters is 1. The third kappa shape index (κ3) is 3.92. The molecule has 0 heterocycles. The van der Waals surface area contributed by atoms with Crippen molar-refractivity contribution in [1.82, 2.24) is 5.32 Å². The van der Waals surface area contributed by atoms with Gasteiger partial charge in [-0.25, -0.2) is 4.79 Å². The van der Waals surface area contributed by atoms with Crippen molar-refractivity contribution in [2.75, 3.05) is 20.7 Å². The Hall–Kier alpha value is -1.81. The zero-order valence-electron chi connectivity index (χ0n) is 10.1. The number of rotatable bonds is 5. The maximum absolute atomic E-state index is 11.3. The van der Waals surface area contributed by atoms with Gasteiger partial charge in [-0.2, -0.15) is 0 Å². The minimum Gasteiger partial charge on any atom is -0.507 e. The number of phenolic OH excluding ortho intramolecular Hbond substituents is 1. The first kappa shape index (κ1) is 13.3. The van der Waals surface area contributed by atoms with Gasteiger partial charge in [0.05, 0.1) is 7.11 Å². The van der Waals surface area contributed by atoms with E-state index in [2.05, 4.69) is 10.1 Å². The van der Waals surface area contributed by atoms with E-state index < -0.39 is 5.97 Å². The highest BCUT2D eigenvalue weighted by Crippen LogP contribution is 2.20. The van der Waals surface area contributed by atoms with E-state index in [1.165, 1.54) is 13.2 Å². The van der Waals surface area contributed by atoms with Crippen LogP contribution in [0.1, 0.15) is 22.3 Å². The number of nitrogens with one attached hydrogen (secondary N) is 1. The number of phenols is 1. The minimum atomic E-state index is -0.534. The van der Waals surface area contributed by atoms with Crippen LogP contribution in [0.3, 0.4) is 0 Å². The second-order valence-corrected chi connectivity index (χ2v) is 3.56. The molecule has 0 spiro atoms. The van der Waals surface area contributed by atoms with Gasteiger partial charge in [0, 0.05) is 0 Å². The highest BCUT2D eigenvalue weighted by atomic mass is 16.5. The second kappa shape index (κ2) is 6.70. The zero-order chi connectivity index (χ0) is 12.7. The first-order chi connectivity index (χ1) is 8.19. The van der Waals surface area contributed by atoms with Crippen molar-refractivity contribution in [3.05, 3.63) is 35.4 Å². The molecule has 0 fully saturated rings. The Morgan fingerprint density at radius 3 is 2.94 bits per heavy atom. The SMILES string of the molecule is CNCCC=Cc1ccc(O)c(C(=O)OC)c1. The van der Waals surface area contributed by atoms with Gasteiger partial charge >= 0.3 is 5.97 Å². The lowest BCUT2D eigenvalue weighted by atomic mass is 10.1. The minimum absolute atomic E-state index is 0.0655. The molecule has 0 aliphatic carbocycles. The van der Waals surface area contributed by atoms with Gasteiger partial charge in [-0.3, -0.25) is 0 Å². The molecule has 0 aliphatic rings. The van der Waals surface area contributed by atoms with Crippen LogP contribution >= 0.6 is 0 Å². The number of methoxy groups -OCH3 is 1. The van der Waals surface area contributed by atoms with Gasteiger partial charge in [-0.1, -0.05) is 18.2 Å². The van der Waals surface area contributed by atoms with Gasteiger partial charge in [0.1, 0.15) is 11.3 Å². The summed E-state index contributed by atoms with van der Waals surface area (Å²) in [4.78, 5) is 11.3. The van der Waals surface area contributed by atoms with E-state index in [4.69, 9.17) is 0 Å². The van der Waals surface area contributed by atoms with Crippen LogP contribution in [-0.4, -0.2) is 31.8 Å². The lowest BCUT2D eigenvalue weighted by Crippen LogP contribution is -2.05. The number of carbonyl (C=O) groups is 1. The standard InChI is InChI=1S/C13H17NO3/c1-14-8-4-3-5-10-6-7-12(15)11(9-10)13(16)17-2/h3,5-7,9,14-15H,4,8H2,1-2H3. The summed E-state index contributed by atoms with van der Waals surface area (Å²) in [6.45, 7) is 0.901. The molecule has 0 saturated heterocycles. The fourth-order valence-corrected chi connectivity index (χ4v) is 1.38. The molecule has 1 rings (SSSR count). The molecule has 0 radical (unpaired) electrons. The van der Waals surface area contributed by atoms with Crippen molar-refractivity contribution in [3.63, 3.8) is 0 Å². The average molecular weight is 235 g/mol. The highest BCUT2D eigenvalue weighted by Gasteiger charge is 2.10. The van der Waals surface area contributed by atoms with Gasteiger partial charge in [0.25, 0.3) is 0 Å².